The van der Waals surface area contributed by atoms with E-state index in [0.717, 1.165) is 26.9 Å². The number of aromatic nitrogens is 1. The van der Waals surface area contributed by atoms with Gasteiger partial charge in [0, 0.05) is 17.3 Å². The van der Waals surface area contributed by atoms with Crippen molar-refractivity contribution in [1.82, 2.24) is 15.6 Å². The molecule has 7 nitrogen and oxygen atoms in total. The highest BCUT2D eigenvalue weighted by Gasteiger charge is 2.11. The lowest BCUT2D eigenvalue weighted by molar-refractivity contribution is 0.600. The van der Waals surface area contributed by atoms with Gasteiger partial charge in [-0.25, -0.2) is 18.5 Å². The molecule has 0 atom stereocenters. The van der Waals surface area contributed by atoms with Crippen molar-refractivity contribution in [1.29, 1.82) is 0 Å². The van der Waals surface area contributed by atoms with Gasteiger partial charge in [-0.3, -0.25) is 4.99 Å². The summed E-state index contributed by atoms with van der Waals surface area (Å²) in [6.07, 6.45) is 0. The van der Waals surface area contributed by atoms with Crippen molar-refractivity contribution in [3.63, 3.8) is 0 Å². The molecule has 0 bridgehead atoms. The summed E-state index contributed by atoms with van der Waals surface area (Å²) in [6.45, 7) is 5.28. The smallest absolute Gasteiger partial charge is 0.247 e. The fourth-order valence-electron chi connectivity index (χ4n) is 1.83. The summed E-state index contributed by atoms with van der Waals surface area (Å²) in [5, 5.41) is 14.5. The van der Waals surface area contributed by atoms with Crippen LogP contribution in [0.4, 0.5) is 0 Å². The van der Waals surface area contributed by atoms with Gasteiger partial charge < -0.3 is 10.6 Å². The quantitative estimate of drug-likeness (QED) is 0.311. The minimum Gasteiger partial charge on any atom is -0.352 e. The zero-order chi connectivity index (χ0) is 17.7. The molecule has 0 aliphatic heterocycles. The lowest BCUT2D eigenvalue weighted by Crippen LogP contribution is -2.36. The number of thiophene rings is 1. The molecule has 0 aliphatic carbocycles. The van der Waals surface area contributed by atoms with Crippen molar-refractivity contribution < 1.29 is 8.42 Å². The van der Waals surface area contributed by atoms with Gasteiger partial charge in [-0.1, -0.05) is 13.8 Å². The summed E-state index contributed by atoms with van der Waals surface area (Å²) in [5.74, 6) is 1.04. The Morgan fingerprint density at radius 1 is 1.32 bits per heavy atom. The first kappa shape index (κ1) is 22.3. The van der Waals surface area contributed by atoms with Gasteiger partial charge in [-0.05, 0) is 18.1 Å². The van der Waals surface area contributed by atoms with Crippen LogP contribution in [-0.2, 0) is 23.1 Å². The molecule has 0 spiro atoms. The highest BCUT2D eigenvalue weighted by Crippen LogP contribution is 2.20. The standard InChI is InChI=1S/C14H21N5O2S3.HI/c1-9(2)11-8-22-12(19-11)7-18-14(16-3)17-6-10-4-5-13(23-10)24(15,20)21;/h4-5,8-9H,6-7H2,1-3H3,(H2,15,20,21)(H2,16,17,18);1H. The molecule has 11 heteroatoms. The maximum absolute atomic E-state index is 11.3. The van der Waals surface area contributed by atoms with Gasteiger partial charge in [0.1, 0.15) is 9.22 Å². The zero-order valence-corrected chi connectivity index (χ0v) is 18.9. The topological polar surface area (TPSA) is 109 Å². The van der Waals surface area contributed by atoms with Crippen molar-refractivity contribution in [3.05, 3.63) is 33.1 Å². The van der Waals surface area contributed by atoms with Crippen molar-refractivity contribution in [3.8, 4) is 0 Å². The molecule has 140 valence electrons. The fraction of sp³-hybridized carbons (Fsp3) is 0.429. The van der Waals surface area contributed by atoms with Gasteiger partial charge in [0.25, 0.3) is 0 Å². The van der Waals surface area contributed by atoms with E-state index in [9.17, 15) is 8.42 Å². The lowest BCUT2D eigenvalue weighted by Gasteiger charge is -2.09. The van der Waals surface area contributed by atoms with E-state index >= 15 is 0 Å². The number of primary sulfonamides is 1. The molecule has 2 aromatic rings. The molecule has 0 amide bonds. The largest absolute Gasteiger partial charge is 0.352 e. The second-order valence-electron chi connectivity index (χ2n) is 5.37. The number of aliphatic imine (C=N–C) groups is 1. The second kappa shape index (κ2) is 9.80. The van der Waals surface area contributed by atoms with Gasteiger partial charge in [0.05, 0.1) is 18.8 Å². The van der Waals surface area contributed by atoms with Gasteiger partial charge in [-0.15, -0.1) is 46.7 Å². The van der Waals surface area contributed by atoms with Gasteiger partial charge >= 0.3 is 0 Å². The fourth-order valence-corrected chi connectivity index (χ4v) is 4.44. The number of halogens is 1. The van der Waals surface area contributed by atoms with E-state index in [2.05, 4.69) is 39.8 Å². The molecule has 0 fully saturated rings. The normalized spacial score (nSPS) is 12.1. The van der Waals surface area contributed by atoms with Crippen LogP contribution in [0.25, 0.3) is 0 Å². The Morgan fingerprint density at radius 3 is 2.52 bits per heavy atom. The SMILES string of the molecule is CN=C(NCc1ccc(S(N)(=O)=O)s1)NCc1nc(C(C)C)cs1.I. The average molecular weight is 515 g/mol. The van der Waals surface area contributed by atoms with Crippen molar-refractivity contribution in [2.45, 2.75) is 37.1 Å². The van der Waals surface area contributed by atoms with E-state index in [1.165, 1.54) is 6.07 Å². The number of nitrogens with two attached hydrogens (primary N) is 1. The van der Waals surface area contributed by atoms with Crippen molar-refractivity contribution >= 4 is 62.6 Å². The highest BCUT2D eigenvalue weighted by molar-refractivity contribution is 14.0. The summed E-state index contributed by atoms with van der Waals surface area (Å²) in [5.41, 5.74) is 1.09. The number of hydrogen-bond acceptors (Lipinski definition) is 6. The molecule has 2 rings (SSSR count). The van der Waals surface area contributed by atoms with Crippen LogP contribution < -0.4 is 15.8 Å². The Labute approximate surface area is 173 Å². The summed E-state index contributed by atoms with van der Waals surface area (Å²) in [7, 11) is -1.96. The van der Waals surface area contributed by atoms with Crippen LogP contribution in [0.2, 0.25) is 0 Å². The van der Waals surface area contributed by atoms with E-state index < -0.39 is 10.0 Å². The minimum atomic E-state index is -3.64. The maximum atomic E-state index is 11.3. The van der Waals surface area contributed by atoms with Crippen LogP contribution in [0.1, 0.15) is 35.3 Å². The van der Waals surface area contributed by atoms with Crippen molar-refractivity contribution in [2.75, 3.05) is 7.05 Å². The molecule has 0 unspecified atom stereocenters. The zero-order valence-electron chi connectivity index (χ0n) is 14.1. The molecule has 0 radical (unpaired) electrons. The summed E-state index contributed by atoms with van der Waals surface area (Å²) in [4.78, 5) is 9.57. The van der Waals surface area contributed by atoms with E-state index in [4.69, 9.17) is 5.14 Å². The molecule has 0 saturated heterocycles. The van der Waals surface area contributed by atoms with Crippen LogP contribution in [0, 0.1) is 0 Å². The van der Waals surface area contributed by atoms with Crippen molar-refractivity contribution in [2.24, 2.45) is 10.1 Å². The van der Waals surface area contributed by atoms with Crippen LogP contribution in [0.3, 0.4) is 0 Å². The third-order valence-electron chi connectivity index (χ3n) is 3.14. The number of guanidine groups is 1. The Bertz CT molecular complexity index is 814. The van der Waals surface area contributed by atoms with Crippen LogP contribution in [-0.4, -0.2) is 26.4 Å². The molecular weight excluding hydrogens is 493 g/mol. The van der Waals surface area contributed by atoms with E-state index in [0.29, 0.717) is 25.0 Å². The summed E-state index contributed by atoms with van der Waals surface area (Å²) in [6, 6.07) is 3.25. The number of rotatable bonds is 6. The molecule has 2 aromatic heterocycles. The predicted octanol–water partition coefficient (Wildman–Crippen LogP) is 2.46. The van der Waals surface area contributed by atoms with Gasteiger partial charge in [-0.2, -0.15) is 0 Å². The number of nitrogens with zero attached hydrogens (tertiary/aromatic N) is 2. The summed E-state index contributed by atoms with van der Waals surface area (Å²) < 4.78 is 22.7. The molecule has 0 aromatic carbocycles. The first-order valence-corrected chi connectivity index (χ1v) is 10.5. The van der Waals surface area contributed by atoms with E-state index in [1.807, 2.05) is 0 Å². The summed E-state index contributed by atoms with van der Waals surface area (Å²) >= 11 is 2.76. The van der Waals surface area contributed by atoms with E-state index in [-0.39, 0.29) is 28.2 Å². The maximum Gasteiger partial charge on any atom is 0.247 e. The number of sulfonamides is 1. The highest BCUT2D eigenvalue weighted by atomic mass is 127. The van der Waals surface area contributed by atoms with Crippen LogP contribution >= 0.6 is 46.7 Å². The Morgan fingerprint density at radius 2 is 2.00 bits per heavy atom. The number of hydrogen-bond donors (Lipinski definition) is 3. The molecule has 25 heavy (non-hydrogen) atoms. The Balaban J connectivity index is 0.00000312. The Kier molecular flexibility index (Phi) is 8.74. The molecule has 2 heterocycles. The molecule has 4 N–H and O–H groups in total. The van der Waals surface area contributed by atoms with Gasteiger partial charge in [0.15, 0.2) is 5.96 Å². The molecular formula is C14H22IN5O2S3. The Hall–Kier alpha value is -0.760. The average Bonchev–Trinajstić information content (AvgIpc) is 3.16. The van der Waals surface area contributed by atoms with E-state index in [1.54, 1.807) is 24.5 Å². The third kappa shape index (κ3) is 6.81. The third-order valence-corrected chi connectivity index (χ3v) is 6.53. The first-order chi connectivity index (χ1) is 11.3. The van der Waals surface area contributed by atoms with Crippen LogP contribution in [0.5, 0.6) is 0 Å². The monoisotopic (exact) mass is 515 g/mol. The predicted molar refractivity (Wildman–Crippen MR) is 114 cm³/mol. The first-order valence-electron chi connectivity index (χ1n) is 7.30. The molecule has 0 aliphatic rings. The number of thiazole rings is 1. The minimum absolute atomic E-state index is 0. The van der Waals surface area contributed by atoms with Gasteiger partial charge in [0.2, 0.25) is 10.0 Å². The molecule has 0 saturated carbocycles. The van der Waals surface area contributed by atoms with Crippen LogP contribution in [0.15, 0.2) is 26.7 Å². The second-order valence-corrected chi connectivity index (χ2v) is 9.27. The number of nitrogens with one attached hydrogen (secondary N) is 2. The lowest BCUT2D eigenvalue weighted by atomic mass is 10.2.